The van der Waals surface area contributed by atoms with Gasteiger partial charge in [0.15, 0.2) is 0 Å². The zero-order valence-corrected chi connectivity index (χ0v) is 18.3. The number of ether oxygens (including phenoxy) is 1. The summed E-state index contributed by atoms with van der Waals surface area (Å²) in [4.78, 5) is 20.9. The Morgan fingerprint density at radius 3 is 2.60 bits per heavy atom. The number of hydrogen-bond acceptors (Lipinski definition) is 4. The lowest BCUT2D eigenvalue weighted by molar-refractivity contribution is -0.131. The molecule has 1 fully saturated rings. The number of rotatable bonds is 5. The van der Waals surface area contributed by atoms with Gasteiger partial charge in [0.2, 0.25) is 5.91 Å². The number of carbonyl (C=O) groups excluding carboxylic acids is 1. The van der Waals surface area contributed by atoms with Crippen molar-refractivity contribution in [1.29, 1.82) is 0 Å². The Hall–Kier alpha value is -2.70. The zero-order valence-electron chi connectivity index (χ0n) is 16.8. The Morgan fingerprint density at radius 1 is 1.10 bits per heavy atom. The van der Waals surface area contributed by atoms with Gasteiger partial charge >= 0.3 is 0 Å². The first-order valence-electron chi connectivity index (χ1n) is 9.60. The number of halogens is 2. The molecule has 0 bridgehead atoms. The van der Waals surface area contributed by atoms with Crippen LogP contribution in [0.3, 0.4) is 0 Å². The molecular formula is C22H22Cl2N4O2. The molecule has 0 spiro atoms. The van der Waals surface area contributed by atoms with Gasteiger partial charge in [-0.1, -0.05) is 29.3 Å². The van der Waals surface area contributed by atoms with Crippen molar-refractivity contribution in [3.63, 3.8) is 0 Å². The highest BCUT2D eigenvalue weighted by Gasteiger charge is 2.25. The summed E-state index contributed by atoms with van der Waals surface area (Å²) in [6.45, 7) is 4.14. The van der Waals surface area contributed by atoms with Crippen molar-refractivity contribution in [3.05, 3.63) is 70.2 Å². The first-order chi connectivity index (χ1) is 14.4. The van der Waals surface area contributed by atoms with Gasteiger partial charge in [0.1, 0.15) is 5.75 Å². The lowest BCUT2D eigenvalue weighted by Gasteiger charge is -2.36. The molecule has 1 aliphatic heterocycles. The third kappa shape index (κ3) is 4.25. The minimum atomic E-state index is 0.0700. The number of hydrogen-bond donors (Lipinski definition) is 0. The first kappa shape index (κ1) is 20.6. The molecule has 156 valence electrons. The zero-order chi connectivity index (χ0) is 21.3. The van der Waals surface area contributed by atoms with Crippen LogP contribution in [-0.4, -0.2) is 47.1 Å². The van der Waals surface area contributed by atoms with Crippen molar-refractivity contribution in [2.75, 3.05) is 31.6 Å². The SMILES string of the molecule is COc1cc(N2CCN(Cc3ccc(Cl)c(Cl)c3)C(=O)C2)ccc1-n1cnc(C)c1. The van der Waals surface area contributed by atoms with Gasteiger partial charge in [0.05, 0.1) is 41.4 Å². The molecule has 0 aliphatic carbocycles. The first-order valence-corrected chi connectivity index (χ1v) is 10.4. The molecule has 4 rings (SSSR count). The second-order valence-electron chi connectivity index (χ2n) is 7.26. The summed E-state index contributed by atoms with van der Waals surface area (Å²) in [5, 5.41) is 1.01. The van der Waals surface area contributed by atoms with E-state index < -0.39 is 0 Å². The molecule has 30 heavy (non-hydrogen) atoms. The Labute approximate surface area is 185 Å². The maximum absolute atomic E-state index is 12.8. The number of carbonyl (C=O) groups is 1. The van der Waals surface area contributed by atoms with E-state index in [1.807, 2.05) is 52.9 Å². The molecule has 3 aromatic rings. The number of amides is 1. The molecule has 0 saturated carbocycles. The summed E-state index contributed by atoms with van der Waals surface area (Å²) in [6.07, 6.45) is 3.71. The number of aryl methyl sites for hydroxylation is 1. The Balaban J connectivity index is 1.47. The van der Waals surface area contributed by atoms with Gasteiger partial charge < -0.3 is 19.1 Å². The number of benzene rings is 2. The molecule has 0 atom stereocenters. The number of nitrogens with zero attached hydrogens (tertiary/aromatic N) is 4. The second kappa shape index (κ2) is 8.58. The molecule has 0 radical (unpaired) electrons. The molecule has 1 aromatic heterocycles. The van der Waals surface area contributed by atoms with E-state index in [-0.39, 0.29) is 5.91 Å². The van der Waals surface area contributed by atoms with Crippen LogP contribution in [0.4, 0.5) is 5.69 Å². The largest absolute Gasteiger partial charge is 0.494 e. The second-order valence-corrected chi connectivity index (χ2v) is 8.08. The molecule has 1 amide bonds. The van der Waals surface area contributed by atoms with E-state index in [0.29, 0.717) is 29.7 Å². The maximum Gasteiger partial charge on any atom is 0.242 e. The molecule has 1 aliphatic rings. The average molecular weight is 445 g/mol. The van der Waals surface area contributed by atoms with E-state index in [0.717, 1.165) is 34.9 Å². The van der Waals surface area contributed by atoms with Crippen molar-refractivity contribution in [2.24, 2.45) is 0 Å². The van der Waals surface area contributed by atoms with Crippen LogP contribution in [0.5, 0.6) is 5.75 Å². The van der Waals surface area contributed by atoms with Gasteiger partial charge in [-0.25, -0.2) is 4.98 Å². The molecule has 8 heteroatoms. The van der Waals surface area contributed by atoms with Crippen LogP contribution in [0.1, 0.15) is 11.3 Å². The molecule has 2 aromatic carbocycles. The predicted octanol–water partition coefficient (Wildman–Crippen LogP) is 4.34. The maximum atomic E-state index is 12.8. The summed E-state index contributed by atoms with van der Waals surface area (Å²) < 4.78 is 7.52. The van der Waals surface area contributed by atoms with E-state index in [1.54, 1.807) is 19.5 Å². The van der Waals surface area contributed by atoms with E-state index in [2.05, 4.69) is 9.88 Å². The third-order valence-corrected chi connectivity index (χ3v) is 5.93. The topological polar surface area (TPSA) is 50.6 Å². The highest BCUT2D eigenvalue weighted by Crippen LogP contribution is 2.30. The number of anilines is 1. The van der Waals surface area contributed by atoms with Crippen LogP contribution >= 0.6 is 23.2 Å². The Kier molecular flexibility index (Phi) is 5.88. The van der Waals surface area contributed by atoms with E-state index >= 15 is 0 Å². The van der Waals surface area contributed by atoms with Crippen molar-refractivity contribution >= 4 is 34.8 Å². The molecule has 1 saturated heterocycles. The van der Waals surface area contributed by atoms with Crippen LogP contribution in [0.2, 0.25) is 10.0 Å². The van der Waals surface area contributed by atoms with Crippen LogP contribution < -0.4 is 9.64 Å². The van der Waals surface area contributed by atoms with Gasteiger partial charge in [-0.2, -0.15) is 0 Å². The number of piperazine rings is 1. The fraction of sp³-hybridized carbons (Fsp3) is 0.273. The van der Waals surface area contributed by atoms with Gasteiger partial charge in [0, 0.05) is 37.6 Å². The van der Waals surface area contributed by atoms with Crippen LogP contribution in [0.25, 0.3) is 5.69 Å². The van der Waals surface area contributed by atoms with Crippen molar-refractivity contribution in [3.8, 4) is 11.4 Å². The quantitative estimate of drug-likeness (QED) is 0.586. The van der Waals surface area contributed by atoms with Crippen LogP contribution in [0.15, 0.2) is 48.9 Å². The molecule has 0 unspecified atom stereocenters. The van der Waals surface area contributed by atoms with E-state index in [1.165, 1.54) is 0 Å². The van der Waals surface area contributed by atoms with Crippen molar-refractivity contribution < 1.29 is 9.53 Å². The summed E-state index contributed by atoms with van der Waals surface area (Å²) in [7, 11) is 1.65. The van der Waals surface area contributed by atoms with Crippen molar-refractivity contribution in [2.45, 2.75) is 13.5 Å². The normalized spacial score (nSPS) is 14.3. The number of aromatic nitrogens is 2. The number of imidazole rings is 1. The van der Waals surface area contributed by atoms with Gasteiger partial charge in [-0.3, -0.25) is 4.79 Å². The van der Waals surface area contributed by atoms with Gasteiger partial charge in [0.25, 0.3) is 0 Å². The van der Waals surface area contributed by atoms with Crippen LogP contribution in [-0.2, 0) is 11.3 Å². The lowest BCUT2D eigenvalue weighted by Crippen LogP contribution is -2.50. The third-order valence-electron chi connectivity index (χ3n) is 5.19. The minimum Gasteiger partial charge on any atom is -0.494 e. The molecule has 2 heterocycles. The predicted molar refractivity (Wildman–Crippen MR) is 119 cm³/mol. The van der Waals surface area contributed by atoms with Crippen LogP contribution in [0, 0.1) is 6.92 Å². The highest BCUT2D eigenvalue weighted by molar-refractivity contribution is 6.42. The summed E-state index contributed by atoms with van der Waals surface area (Å²) in [6, 6.07) is 11.4. The summed E-state index contributed by atoms with van der Waals surface area (Å²) >= 11 is 12.1. The molecule has 0 N–H and O–H groups in total. The van der Waals surface area contributed by atoms with E-state index in [9.17, 15) is 4.79 Å². The van der Waals surface area contributed by atoms with Crippen molar-refractivity contribution in [1.82, 2.24) is 14.5 Å². The monoisotopic (exact) mass is 444 g/mol. The summed E-state index contributed by atoms with van der Waals surface area (Å²) in [5.74, 6) is 0.802. The fourth-order valence-corrected chi connectivity index (χ4v) is 3.90. The fourth-order valence-electron chi connectivity index (χ4n) is 3.58. The standard InChI is InChI=1S/C22H22Cl2N4O2/c1-15-11-28(14-25-15)20-6-4-17(10-21(20)30-2)26-7-8-27(22(29)13-26)12-16-3-5-18(23)19(24)9-16/h3-6,9-11,14H,7-8,12-13H2,1-2H3. The minimum absolute atomic E-state index is 0.0700. The Morgan fingerprint density at radius 2 is 1.93 bits per heavy atom. The smallest absolute Gasteiger partial charge is 0.242 e. The van der Waals surface area contributed by atoms with E-state index in [4.69, 9.17) is 27.9 Å². The number of methoxy groups -OCH3 is 1. The van der Waals surface area contributed by atoms with Gasteiger partial charge in [-0.15, -0.1) is 0 Å². The highest BCUT2D eigenvalue weighted by atomic mass is 35.5. The lowest BCUT2D eigenvalue weighted by atomic mass is 10.1. The summed E-state index contributed by atoms with van der Waals surface area (Å²) in [5.41, 5.74) is 3.76. The van der Waals surface area contributed by atoms with Gasteiger partial charge in [-0.05, 0) is 36.8 Å². The molecular weight excluding hydrogens is 423 g/mol. The Bertz CT molecular complexity index is 1080. The average Bonchev–Trinajstić information content (AvgIpc) is 3.17. The molecule has 6 nitrogen and oxygen atoms in total.